The van der Waals surface area contributed by atoms with Crippen molar-refractivity contribution < 1.29 is 9.72 Å². The van der Waals surface area contributed by atoms with Crippen molar-refractivity contribution in [3.63, 3.8) is 0 Å². The molecular weight excluding hydrogens is 368 g/mol. The molecule has 0 saturated heterocycles. The maximum absolute atomic E-state index is 12.3. The van der Waals surface area contributed by atoms with Crippen molar-refractivity contribution in [2.24, 2.45) is 0 Å². The van der Waals surface area contributed by atoms with Crippen LogP contribution in [0.2, 0.25) is 5.02 Å². The van der Waals surface area contributed by atoms with Gasteiger partial charge in [-0.1, -0.05) is 36.7 Å². The second kappa shape index (κ2) is 8.83. The third-order valence-electron chi connectivity index (χ3n) is 3.87. The smallest absolute Gasteiger partial charge is 0.289 e. The third kappa shape index (κ3) is 4.84. The van der Waals surface area contributed by atoms with Crippen LogP contribution in [0.15, 0.2) is 48.2 Å². The molecule has 27 heavy (non-hydrogen) atoms. The number of aryl methyl sites for hydroxylation is 2. The fourth-order valence-corrected chi connectivity index (χ4v) is 2.64. The Kier molecular flexibility index (Phi) is 6.52. The Balaban J connectivity index is 2.22. The van der Waals surface area contributed by atoms with Crippen LogP contribution in [0.4, 0.5) is 17.1 Å². The minimum Gasteiger partial charge on any atom is -0.360 e. The second-order valence-corrected chi connectivity index (χ2v) is 6.06. The Bertz CT molecular complexity index is 964. The van der Waals surface area contributed by atoms with Crippen LogP contribution in [0.25, 0.3) is 0 Å². The zero-order valence-electron chi connectivity index (χ0n) is 14.7. The molecule has 2 aromatic carbocycles. The van der Waals surface area contributed by atoms with Crippen molar-refractivity contribution in [1.29, 1.82) is 5.26 Å². The average Bonchev–Trinajstić information content (AvgIpc) is 2.64. The van der Waals surface area contributed by atoms with Crippen molar-refractivity contribution in [3.05, 3.63) is 74.4 Å². The standard InChI is InChI=1S/C19H17ClN4O3/c1-3-13-6-4-5-12(2)18(13)22-11-14(10-21)19(25)23-15-7-8-16(20)17(9-15)24(26)27/h4-9,11,22H,3H2,1-2H3,(H,23,25)/b14-11-. The first kappa shape index (κ1) is 19.9. The number of rotatable bonds is 6. The van der Waals surface area contributed by atoms with Crippen LogP contribution in [0.5, 0.6) is 0 Å². The molecular formula is C19H17ClN4O3. The molecule has 0 atom stereocenters. The van der Waals surface area contributed by atoms with Gasteiger partial charge in [-0.2, -0.15) is 5.26 Å². The molecule has 0 aromatic heterocycles. The van der Waals surface area contributed by atoms with Crippen molar-refractivity contribution in [3.8, 4) is 6.07 Å². The van der Waals surface area contributed by atoms with Crippen LogP contribution in [-0.4, -0.2) is 10.8 Å². The maximum Gasteiger partial charge on any atom is 0.289 e. The van der Waals surface area contributed by atoms with Crippen LogP contribution in [0.1, 0.15) is 18.1 Å². The Morgan fingerprint density at radius 3 is 2.74 bits per heavy atom. The quantitative estimate of drug-likeness (QED) is 0.328. The molecule has 7 nitrogen and oxygen atoms in total. The number of nitriles is 1. The van der Waals surface area contributed by atoms with E-state index in [2.05, 4.69) is 10.6 Å². The number of anilines is 2. The van der Waals surface area contributed by atoms with E-state index in [-0.39, 0.29) is 22.0 Å². The van der Waals surface area contributed by atoms with Gasteiger partial charge < -0.3 is 10.6 Å². The van der Waals surface area contributed by atoms with E-state index in [1.807, 2.05) is 38.1 Å². The number of carbonyl (C=O) groups excluding carboxylic acids is 1. The van der Waals surface area contributed by atoms with Gasteiger partial charge in [0, 0.05) is 23.6 Å². The van der Waals surface area contributed by atoms with Gasteiger partial charge in [0.1, 0.15) is 16.7 Å². The van der Waals surface area contributed by atoms with Crippen LogP contribution in [0.3, 0.4) is 0 Å². The molecule has 0 saturated carbocycles. The normalized spacial score (nSPS) is 10.8. The summed E-state index contributed by atoms with van der Waals surface area (Å²) in [7, 11) is 0. The third-order valence-corrected chi connectivity index (χ3v) is 4.19. The molecule has 2 rings (SSSR count). The Morgan fingerprint density at radius 2 is 2.11 bits per heavy atom. The summed E-state index contributed by atoms with van der Waals surface area (Å²) in [6, 6.07) is 11.5. The zero-order chi connectivity index (χ0) is 20.0. The number of nitro groups is 1. The maximum atomic E-state index is 12.3. The molecule has 0 fully saturated rings. The highest BCUT2D eigenvalue weighted by Crippen LogP contribution is 2.27. The summed E-state index contributed by atoms with van der Waals surface area (Å²) in [6.45, 7) is 3.93. The number of para-hydroxylation sites is 1. The Hall–Kier alpha value is -3.37. The largest absolute Gasteiger partial charge is 0.360 e. The van der Waals surface area contributed by atoms with Gasteiger partial charge in [-0.25, -0.2) is 0 Å². The lowest BCUT2D eigenvalue weighted by molar-refractivity contribution is -0.384. The predicted molar refractivity (Wildman–Crippen MR) is 105 cm³/mol. The number of nitrogens with one attached hydrogen (secondary N) is 2. The van der Waals surface area contributed by atoms with E-state index in [0.29, 0.717) is 0 Å². The highest BCUT2D eigenvalue weighted by molar-refractivity contribution is 6.32. The molecule has 8 heteroatoms. The summed E-state index contributed by atoms with van der Waals surface area (Å²) < 4.78 is 0. The molecule has 0 radical (unpaired) electrons. The molecule has 0 bridgehead atoms. The van der Waals surface area contributed by atoms with E-state index < -0.39 is 10.8 Å². The first-order valence-electron chi connectivity index (χ1n) is 8.08. The molecule has 0 unspecified atom stereocenters. The molecule has 2 N–H and O–H groups in total. The van der Waals surface area contributed by atoms with Gasteiger partial charge in [-0.15, -0.1) is 0 Å². The molecule has 0 aliphatic carbocycles. The van der Waals surface area contributed by atoms with E-state index in [1.165, 1.54) is 18.3 Å². The van der Waals surface area contributed by atoms with Gasteiger partial charge >= 0.3 is 0 Å². The minimum atomic E-state index is -0.687. The van der Waals surface area contributed by atoms with Crippen molar-refractivity contribution in [2.75, 3.05) is 10.6 Å². The van der Waals surface area contributed by atoms with Gasteiger partial charge in [0.15, 0.2) is 0 Å². The first-order chi connectivity index (χ1) is 12.9. The molecule has 2 aromatic rings. The number of carbonyl (C=O) groups is 1. The highest BCUT2D eigenvalue weighted by Gasteiger charge is 2.16. The van der Waals surface area contributed by atoms with Crippen LogP contribution < -0.4 is 10.6 Å². The topological polar surface area (TPSA) is 108 Å². The van der Waals surface area contributed by atoms with E-state index in [9.17, 15) is 20.2 Å². The van der Waals surface area contributed by atoms with Crippen LogP contribution in [-0.2, 0) is 11.2 Å². The van der Waals surface area contributed by atoms with E-state index in [0.717, 1.165) is 29.3 Å². The van der Waals surface area contributed by atoms with Gasteiger partial charge in [0.05, 0.1) is 4.92 Å². The van der Waals surface area contributed by atoms with Gasteiger partial charge in [-0.3, -0.25) is 14.9 Å². The van der Waals surface area contributed by atoms with Crippen molar-refractivity contribution in [1.82, 2.24) is 0 Å². The van der Waals surface area contributed by atoms with Crippen molar-refractivity contribution in [2.45, 2.75) is 20.3 Å². The summed E-state index contributed by atoms with van der Waals surface area (Å²) in [5.74, 6) is -0.687. The lowest BCUT2D eigenvalue weighted by Crippen LogP contribution is -2.15. The van der Waals surface area contributed by atoms with Crippen molar-refractivity contribution >= 4 is 34.6 Å². The molecule has 1 amide bonds. The molecule has 138 valence electrons. The average molecular weight is 385 g/mol. The SMILES string of the molecule is CCc1cccc(C)c1N/C=C(/C#N)C(=O)Nc1ccc(Cl)c([N+](=O)[O-])c1. The summed E-state index contributed by atoms with van der Waals surface area (Å²) in [5.41, 5.74) is 2.54. The van der Waals surface area contributed by atoms with Crippen LogP contribution >= 0.6 is 11.6 Å². The van der Waals surface area contributed by atoms with E-state index in [4.69, 9.17) is 11.6 Å². The lowest BCUT2D eigenvalue weighted by Gasteiger charge is -2.11. The lowest BCUT2D eigenvalue weighted by atomic mass is 10.1. The van der Waals surface area contributed by atoms with E-state index >= 15 is 0 Å². The van der Waals surface area contributed by atoms with Gasteiger partial charge in [-0.05, 0) is 36.6 Å². The fourth-order valence-electron chi connectivity index (χ4n) is 2.45. The Morgan fingerprint density at radius 1 is 1.37 bits per heavy atom. The number of halogens is 1. The molecule has 0 heterocycles. The Labute approximate surface area is 161 Å². The van der Waals surface area contributed by atoms with Crippen LogP contribution in [0, 0.1) is 28.4 Å². The number of amides is 1. The molecule has 0 aliphatic rings. The number of nitro benzene ring substituents is 1. The summed E-state index contributed by atoms with van der Waals surface area (Å²) >= 11 is 5.75. The predicted octanol–water partition coefficient (Wildman–Crippen LogP) is 4.58. The fraction of sp³-hybridized carbons (Fsp3) is 0.158. The zero-order valence-corrected chi connectivity index (χ0v) is 15.5. The van der Waals surface area contributed by atoms with E-state index in [1.54, 1.807) is 0 Å². The minimum absolute atomic E-state index is 0.0395. The van der Waals surface area contributed by atoms with Gasteiger partial charge in [0.25, 0.3) is 11.6 Å². The summed E-state index contributed by atoms with van der Waals surface area (Å²) in [6.07, 6.45) is 2.11. The monoisotopic (exact) mass is 384 g/mol. The number of nitrogens with zero attached hydrogens (tertiary/aromatic N) is 2. The molecule has 0 aliphatic heterocycles. The summed E-state index contributed by atoms with van der Waals surface area (Å²) in [5, 5.41) is 25.7. The number of benzene rings is 2. The summed E-state index contributed by atoms with van der Waals surface area (Å²) in [4.78, 5) is 22.6. The first-order valence-corrected chi connectivity index (χ1v) is 8.45. The highest BCUT2D eigenvalue weighted by atomic mass is 35.5. The molecule has 0 spiro atoms. The number of hydrogen-bond acceptors (Lipinski definition) is 5. The van der Waals surface area contributed by atoms with Gasteiger partial charge in [0.2, 0.25) is 0 Å². The number of hydrogen-bond donors (Lipinski definition) is 2. The second-order valence-electron chi connectivity index (χ2n) is 5.65.